The first-order valence-corrected chi connectivity index (χ1v) is 6.70. The number of hydrogen-bond acceptors (Lipinski definition) is 5. The van der Waals surface area contributed by atoms with Crippen LogP contribution in [0, 0.1) is 17.2 Å². The van der Waals surface area contributed by atoms with Gasteiger partial charge < -0.3 is 15.2 Å². The van der Waals surface area contributed by atoms with Crippen LogP contribution < -0.4 is 15.2 Å². The van der Waals surface area contributed by atoms with Crippen molar-refractivity contribution < 1.29 is 9.47 Å². The first-order valence-electron chi connectivity index (χ1n) is 6.70. The Hall–Kier alpha value is -1.77. The fraction of sp³-hybridized carbons (Fsp3) is 0.533. The summed E-state index contributed by atoms with van der Waals surface area (Å²) in [6.45, 7) is 1.68. The number of nitrogens with zero attached hydrogens (tertiary/aromatic N) is 2. The van der Waals surface area contributed by atoms with E-state index in [0.717, 1.165) is 18.5 Å². The van der Waals surface area contributed by atoms with E-state index >= 15 is 0 Å². The summed E-state index contributed by atoms with van der Waals surface area (Å²) in [5.74, 6) is 1.60. The van der Waals surface area contributed by atoms with Crippen LogP contribution >= 0.6 is 0 Å². The number of rotatable bonds is 4. The third kappa shape index (κ3) is 2.58. The summed E-state index contributed by atoms with van der Waals surface area (Å²) in [5, 5.41) is 9.28. The largest absolute Gasteiger partial charge is 0.493 e. The molecule has 1 aliphatic heterocycles. The van der Waals surface area contributed by atoms with Crippen LogP contribution in [-0.2, 0) is 0 Å². The van der Waals surface area contributed by atoms with Crippen LogP contribution in [0.15, 0.2) is 12.1 Å². The summed E-state index contributed by atoms with van der Waals surface area (Å²) in [4.78, 5) is 2.28. The second-order valence-electron chi connectivity index (χ2n) is 5.21. The number of hydrogen-bond donors (Lipinski definition) is 1. The molecule has 2 N–H and O–H groups in total. The minimum Gasteiger partial charge on any atom is -0.493 e. The molecule has 0 amide bonds. The van der Waals surface area contributed by atoms with Gasteiger partial charge in [-0.3, -0.25) is 4.90 Å². The summed E-state index contributed by atoms with van der Waals surface area (Å²) >= 11 is 0. The minimum absolute atomic E-state index is 0.274. The topological polar surface area (TPSA) is 71.5 Å². The summed E-state index contributed by atoms with van der Waals surface area (Å²) in [7, 11) is 5.22. The third-order valence-electron chi connectivity index (χ3n) is 3.97. The number of benzene rings is 1. The van der Waals surface area contributed by atoms with E-state index in [9.17, 15) is 5.26 Å². The van der Waals surface area contributed by atoms with Crippen LogP contribution in [0.4, 0.5) is 0 Å². The zero-order chi connectivity index (χ0) is 14.7. The van der Waals surface area contributed by atoms with Gasteiger partial charge in [0.2, 0.25) is 0 Å². The Bertz CT molecular complexity index is 525. The van der Waals surface area contributed by atoms with Gasteiger partial charge in [0.15, 0.2) is 11.5 Å². The van der Waals surface area contributed by atoms with Crippen molar-refractivity contribution in [2.75, 3.05) is 34.4 Å². The van der Waals surface area contributed by atoms with E-state index in [1.54, 1.807) is 14.2 Å². The van der Waals surface area contributed by atoms with E-state index in [0.29, 0.717) is 29.5 Å². The number of methoxy groups -OCH3 is 2. The van der Waals surface area contributed by atoms with Crippen LogP contribution in [0.1, 0.15) is 23.6 Å². The first kappa shape index (κ1) is 14.6. The van der Waals surface area contributed by atoms with Crippen molar-refractivity contribution in [1.29, 1.82) is 5.26 Å². The van der Waals surface area contributed by atoms with Crippen LogP contribution in [0.3, 0.4) is 0 Å². The summed E-state index contributed by atoms with van der Waals surface area (Å²) in [6, 6.07) is 6.30. The maximum absolute atomic E-state index is 9.28. The molecule has 0 bridgehead atoms. The van der Waals surface area contributed by atoms with Crippen LogP contribution in [0.2, 0.25) is 0 Å². The van der Waals surface area contributed by atoms with Crippen LogP contribution in [0.25, 0.3) is 0 Å². The highest BCUT2D eigenvalue weighted by atomic mass is 16.5. The van der Waals surface area contributed by atoms with E-state index in [-0.39, 0.29) is 6.04 Å². The van der Waals surface area contributed by atoms with Gasteiger partial charge in [0.25, 0.3) is 0 Å². The number of nitriles is 1. The number of nitrogens with two attached hydrogens (primary N) is 1. The average Bonchev–Trinajstić information content (AvgIpc) is 2.86. The highest BCUT2D eigenvalue weighted by Gasteiger charge is 2.30. The van der Waals surface area contributed by atoms with Crippen molar-refractivity contribution >= 4 is 0 Å². The lowest BCUT2D eigenvalue weighted by molar-refractivity contribution is 0.310. The van der Waals surface area contributed by atoms with Crippen LogP contribution in [-0.4, -0.2) is 39.3 Å². The highest BCUT2D eigenvalue weighted by Crippen LogP contribution is 2.39. The van der Waals surface area contributed by atoms with Crippen molar-refractivity contribution in [3.8, 4) is 17.6 Å². The molecule has 5 heteroatoms. The molecule has 108 valence electrons. The predicted octanol–water partition coefficient (Wildman–Crippen LogP) is 1.53. The highest BCUT2D eigenvalue weighted by molar-refractivity contribution is 5.55. The van der Waals surface area contributed by atoms with Gasteiger partial charge in [-0.25, -0.2) is 0 Å². The van der Waals surface area contributed by atoms with E-state index in [4.69, 9.17) is 15.2 Å². The molecule has 0 saturated carbocycles. The zero-order valence-electron chi connectivity index (χ0n) is 12.2. The first-order chi connectivity index (χ1) is 9.64. The molecule has 2 atom stereocenters. The molecule has 0 spiro atoms. The van der Waals surface area contributed by atoms with Gasteiger partial charge in [-0.1, -0.05) is 0 Å². The fourth-order valence-corrected chi connectivity index (χ4v) is 2.93. The van der Waals surface area contributed by atoms with Gasteiger partial charge in [0, 0.05) is 12.6 Å². The van der Waals surface area contributed by atoms with E-state index in [1.807, 2.05) is 12.1 Å². The Labute approximate surface area is 119 Å². The van der Waals surface area contributed by atoms with E-state index < -0.39 is 0 Å². The lowest BCUT2D eigenvalue weighted by Crippen LogP contribution is -2.20. The molecule has 0 aliphatic carbocycles. The van der Waals surface area contributed by atoms with Crippen molar-refractivity contribution in [3.05, 3.63) is 23.3 Å². The molecule has 1 aliphatic rings. The van der Waals surface area contributed by atoms with Crippen molar-refractivity contribution in [3.63, 3.8) is 0 Å². The molecule has 1 aromatic rings. The molecule has 1 aromatic carbocycles. The lowest BCUT2D eigenvalue weighted by atomic mass is 9.97. The zero-order valence-corrected chi connectivity index (χ0v) is 12.2. The summed E-state index contributed by atoms with van der Waals surface area (Å²) < 4.78 is 10.6. The van der Waals surface area contributed by atoms with E-state index in [2.05, 4.69) is 18.0 Å². The van der Waals surface area contributed by atoms with Gasteiger partial charge in [-0.15, -0.1) is 0 Å². The van der Waals surface area contributed by atoms with Crippen LogP contribution in [0.5, 0.6) is 11.5 Å². The number of ether oxygens (including phenoxy) is 2. The predicted molar refractivity (Wildman–Crippen MR) is 76.8 cm³/mol. The van der Waals surface area contributed by atoms with Gasteiger partial charge in [0.1, 0.15) is 6.07 Å². The second-order valence-corrected chi connectivity index (χ2v) is 5.21. The molecule has 2 rings (SSSR count). The summed E-state index contributed by atoms with van der Waals surface area (Å²) in [6.07, 6.45) is 1.01. The molecular formula is C15H21N3O2. The van der Waals surface area contributed by atoms with Crippen molar-refractivity contribution in [2.45, 2.75) is 12.5 Å². The second kappa shape index (κ2) is 6.12. The minimum atomic E-state index is 0.274. The Morgan fingerprint density at radius 3 is 2.65 bits per heavy atom. The molecule has 0 radical (unpaired) electrons. The molecule has 2 unspecified atom stereocenters. The standard InChI is InChI=1S/C15H21N3O2/c1-18-9-10(7-16)4-13(18)11-5-12(8-17)15(20-3)14(6-11)19-2/h5-6,10,13H,4,7,9,16H2,1-3H3. The van der Waals surface area contributed by atoms with Crippen molar-refractivity contribution in [2.24, 2.45) is 11.7 Å². The molecular weight excluding hydrogens is 254 g/mol. The van der Waals surface area contributed by atoms with E-state index in [1.165, 1.54) is 0 Å². The van der Waals surface area contributed by atoms with Gasteiger partial charge in [-0.05, 0) is 43.6 Å². The molecule has 1 fully saturated rings. The smallest absolute Gasteiger partial charge is 0.178 e. The maximum atomic E-state index is 9.28. The Balaban J connectivity index is 2.41. The number of likely N-dealkylation sites (tertiary alicyclic amines) is 1. The molecule has 1 heterocycles. The Morgan fingerprint density at radius 1 is 1.40 bits per heavy atom. The third-order valence-corrected chi connectivity index (χ3v) is 3.97. The van der Waals surface area contributed by atoms with Gasteiger partial charge in [0.05, 0.1) is 19.8 Å². The average molecular weight is 275 g/mol. The van der Waals surface area contributed by atoms with Crippen molar-refractivity contribution in [1.82, 2.24) is 4.90 Å². The lowest BCUT2D eigenvalue weighted by Gasteiger charge is -2.21. The van der Waals surface area contributed by atoms with Gasteiger partial charge >= 0.3 is 0 Å². The normalized spacial score (nSPS) is 22.6. The fourth-order valence-electron chi connectivity index (χ4n) is 2.93. The Kier molecular flexibility index (Phi) is 4.48. The maximum Gasteiger partial charge on any atom is 0.178 e. The molecule has 1 saturated heterocycles. The monoisotopic (exact) mass is 275 g/mol. The summed E-state index contributed by atoms with van der Waals surface area (Å²) in [5.41, 5.74) is 7.36. The van der Waals surface area contributed by atoms with Gasteiger partial charge in [-0.2, -0.15) is 5.26 Å². The SMILES string of the molecule is COc1cc(C2CC(CN)CN2C)cc(C#N)c1OC. The Morgan fingerprint density at radius 2 is 2.15 bits per heavy atom. The molecule has 20 heavy (non-hydrogen) atoms. The molecule has 5 nitrogen and oxygen atoms in total. The quantitative estimate of drug-likeness (QED) is 0.902. The molecule has 0 aromatic heterocycles.